The first kappa shape index (κ1) is 32.9. The number of rotatable bonds is 11. The molecule has 0 bridgehead atoms. The zero-order valence-corrected chi connectivity index (χ0v) is 29.2. The van der Waals surface area contributed by atoms with E-state index in [1.807, 2.05) is 92.6 Å². The minimum Gasteiger partial charge on any atom is -0.494 e. The van der Waals surface area contributed by atoms with Crippen LogP contribution in [0.1, 0.15) is 68.1 Å². The van der Waals surface area contributed by atoms with Crippen LogP contribution in [0.15, 0.2) is 72.8 Å². The fraction of sp³-hybridized carbons (Fsp3) is 0.282. The molecule has 11 heteroatoms. The maximum absolute atomic E-state index is 13.5. The van der Waals surface area contributed by atoms with Crippen molar-refractivity contribution in [2.45, 2.75) is 31.3 Å². The number of thiazole rings is 1. The van der Waals surface area contributed by atoms with Crippen molar-refractivity contribution in [3.63, 3.8) is 0 Å². The van der Waals surface area contributed by atoms with Crippen LogP contribution in [0, 0.1) is 11.3 Å². The molecule has 254 valence electrons. The SMILES string of the molecule is CN(C)c1ccc2c(c1)Oc1cc(N(C)C)ccc1C21OC(=O)c2ccc(C(=O)NCCCCCCOc3ccc4nc(C#N)sc4c3)cc21. The molecule has 3 heterocycles. The van der Waals surface area contributed by atoms with Gasteiger partial charge in [0.25, 0.3) is 5.91 Å². The third kappa shape index (κ3) is 5.96. The molecule has 50 heavy (non-hydrogen) atoms. The van der Waals surface area contributed by atoms with Crippen LogP contribution >= 0.6 is 11.3 Å². The second-order valence-electron chi connectivity index (χ2n) is 12.9. The Morgan fingerprint density at radius 2 is 1.58 bits per heavy atom. The molecule has 0 fully saturated rings. The largest absolute Gasteiger partial charge is 0.494 e. The molecule has 4 aromatic carbocycles. The highest BCUT2D eigenvalue weighted by Gasteiger charge is 2.54. The van der Waals surface area contributed by atoms with Gasteiger partial charge in [0.1, 0.15) is 23.3 Å². The van der Waals surface area contributed by atoms with Crippen molar-refractivity contribution < 1.29 is 23.8 Å². The Morgan fingerprint density at radius 1 is 0.880 bits per heavy atom. The summed E-state index contributed by atoms with van der Waals surface area (Å²) in [5.74, 6) is 1.30. The first-order chi connectivity index (χ1) is 24.2. The van der Waals surface area contributed by atoms with E-state index in [-0.39, 0.29) is 5.91 Å². The van der Waals surface area contributed by atoms with Crippen LogP contribution in [0.4, 0.5) is 11.4 Å². The topological polar surface area (TPSA) is 117 Å². The van der Waals surface area contributed by atoms with E-state index in [9.17, 15) is 9.59 Å². The van der Waals surface area contributed by atoms with Gasteiger partial charge >= 0.3 is 5.97 Å². The summed E-state index contributed by atoms with van der Waals surface area (Å²) in [6, 6.07) is 24.7. The molecule has 0 saturated heterocycles. The van der Waals surface area contributed by atoms with E-state index in [0.717, 1.165) is 53.0 Å². The van der Waals surface area contributed by atoms with Crippen molar-refractivity contribution in [1.82, 2.24) is 10.3 Å². The molecular formula is C39H37N5O5S. The second kappa shape index (κ2) is 13.4. The minimum absolute atomic E-state index is 0.206. The highest BCUT2D eigenvalue weighted by Crippen LogP contribution is 2.57. The van der Waals surface area contributed by atoms with Gasteiger partial charge in [0.15, 0.2) is 10.6 Å². The maximum atomic E-state index is 13.5. The average Bonchev–Trinajstić information content (AvgIpc) is 3.66. The number of carbonyl (C=O) groups is 2. The number of benzene rings is 4. The third-order valence-electron chi connectivity index (χ3n) is 9.15. The highest BCUT2D eigenvalue weighted by molar-refractivity contribution is 7.19. The third-order valence-corrected chi connectivity index (χ3v) is 10.1. The Kier molecular flexibility index (Phi) is 8.80. The van der Waals surface area contributed by atoms with Crippen LogP contribution in [0.2, 0.25) is 0 Å². The predicted octanol–water partition coefficient (Wildman–Crippen LogP) is 7.24. The average molecular weight is 688 g/mol. The number of nitrogens with one attached hydrogen (secondary N) is 1. The lowest BCUT2D eigenvalue weighted by molar-refractivity contribution is 0.0224. The Morgan fingerprint density at radius 3 is 2.26 bits per heavy atom. The van der Waals surface area contributed by atoms with Gasteiger partial charge in [0.05, 0.1) is 22.4 Å². The first-order valence-electron chi connectivity index (χ1n) is 16.6. The van der Waals surface area contributed by atoms with Gasteiger partial charge in [0, 0.05) is 80.5 Å². The number of aromatic nitrogens is 1. The zero-order chi connectivity index (χ0) is 35.0. The molecule has 7 rings (SSSR count). The quantitative estimate of drug-likeness (QED) is 0.113. The van der Waals surface area contributed by atoms with Crippen LogP contribution in [0.5, 0.6) is 17.2 Å². The fourth-order valence-corrected chi connectivity index (χ4v) is 7.30. The summed E-state index contributed by atoms with van der Waals surface area (Å²) < 4.78 is 19.7. The van der Waals surface area contributed by atoms with Gasteiger partial charge < -0.3 is 29.3 Å². The van der Waals surface area contributed by atoms with E-state index in [1.54, 1.807) is 18.2 Å². The molecule has 10 nitrogen and oxygen atoms in total. The number of ether oxygens (including phenoxy) is 3. The van der Waals surface area contributed by atoms with Crippen molar-refractivity contribution >= 4 is 44.8 Å². The normalized spacial score (nSPS) is 13.5. The molecule has 0 aliphatic carbocycles. The number of fused-ring (bicyclic) bond motifs is 7. The van der Waals surface area contributed by atoms with Gasteiger partial charge in [0.2, 0.25) is 0 Å². The van der Waals surface area contributed by atoms with Gasteiger partial charge in [-0.05, 0) is 73.5 Å². The summed E-state index contributed by atoms with van der Waals surface area (Å²) in [4.78, 5) is 35.1. The van der Waals surface area contributed by atoms with Crippen LogP contribution in [-0.2, 0) is 10.3 Å². The first-order valence-corrected chi connectivity index (χ1v) is 17.4. The number of esters is 1. The van der Waals surface area contributed by atoms with E-state index < -0.39 is 11.6 Å². The standard InChI is InChI=1S/C39H37N5O5S/c1-43(2)25-10-14-29-33(20-25)48-34-21-26(44(3)4)11-15-30(34)39(29)31-19-24(9-13-28(31)38(46)49-39)37(45)41-17-7-5-6-8-18-47-27-12-16-32-35(22-27)50-36(23-40)42-32/h9-16,19-22H,5-8,17-18H2,1-4H3,(H,41,45). The Labute approximate surface area is 294 Å². The summed E-state index contributed by atoms with van der Waals surface area (Å²) in [5, 5.41) is 12.6. The van der Waals surface area contributed by atoms with E-state index in [2.05, 4.69) is 16.4 Å². The molecule has 1 amide bonds. The monoisotopic (exact) mass is 687 g/mol. The highest BCUT2D eigenvalue weighted by atomic mass is 32.1. The van der Waals surface area contributed by atoms with Crippen LogP contribution in [0.3, 0.4) is 0 Å². The Bertz CT molecular complexity index is 2110. The van der Waals surface area contributed by atoms with Crippen molar-refractivity contribution in [3.05, 3.63) is 106 Å². The molecule has 1 aromatic heterocycles. The molecule has 2 aliphatic heterocycles. The number of nitriles is 1. The molecule has 0 saturated carbocycles. The van der Waals surface area contributed by atoms with E-state index in [4.69, 9.17) is 19.5 Å². The molecule has 1 N–H and O–H groups in total. The van der Waals surface area contributed by atoms with E-state index >= 15 is 0 Å². The lowest BCUT2D eigenvalue weighted by Crippen LogP contribution is -2.33. The lowest BCUT2D eigenvalue weighted by atomic mass is 9.77. The number of unbranched alkanes of at least 4 members (excludes halogenated alkanes) is 3. The Hall–Kier alpha value is -5.60. The molecule has 0 atom stereocenters. The molecule has 0 radical (unpaired) electrons. The van der Waals surface area contributed by atoms with Gasteiger partial charge in [-0.15, -0.1) is 11.3 Å². The van der Waals surface area contributed by atoms with Crippen LogP contribution in [-0.4, -0.2) is 58.2 Å². The molecular weight excluding hydrogens is 651 g/mol. The predicted molar refractivity (Wildman–Crippen MR) is 194 cm³/mol. The van der Waals surface area contributed by atoms with E-state index in [0.29, 0.717) is 57.5 Å². The summed E-state index contributed by atoms with van der Waals surface area (Å²) in [6.07, 6.45) is 3.62. The summed E-state index contributed by atoms with van der Waals surface area (Å²) in [6.45, 7) is 1.12. The van der Waals surface area contributed by atoms with E-state index in [1.165, 1.54) is 11.3 Å². The van der Waals surface area contributed by atoms with Crippen molar-refractivity contribution in [3.8, 4) is 23.3 Å². The number of hydrogen-bond acceptors (Lipinski definition) is 10. The molecule has 0 unspecified atom stereocenters. The molecule has 1 spiro atoms. The maximum Gasteiger partial charge on any atom is 0.340 e. The van der Waals surface area contributed by atoms with Gasteiger partial charge in [-0.1, -0.05) is 12.8 Å². The second-order valence-corrected chi connectivity index (χ2v) is 13.9. The molecule has 2 aliphatic rings. The summed E-state index contributed by atoms with van der Waals surface area (Å²) in [5.41, 5.74) is 4.35. The van der Waals surface area contributed by atoms with Gasteiger partial charge in [-0.25, -0.2) is 9.78 Å². The number of amides is 1. The number of hydrogen-bond donors (Lipinski definition) is 1. The van der Waals surface area contributed by atoms with Crippen LogP contribution < -0.4 is 24.6 Å². The van der Waals surface area contributed by atoms with Crippen molar-refractivity contribution in [1.29, 1.82) is 5.26 Å². The fourth-order valence-electron chi connectivity index (χ4n) is 6.51. The minimum atomic E-state index is -1.27. The smallest absolute Gasteiger partial charge is 0.340 e. The molecule has 5 aromatic rings. The van der Waals surface area contributed by atoms with Gasteiger partial charge in [-0.2, -0.15) is 5.26 Å². The van der Waals surface area contributed by atoms with Crippen LogP contribution in [0.25, 0.3) is 10.2 Å². The van der Waals surface area contributed by atoms with Crippen molar-refractivity contribution in [2.24, 2.45) is 0 Å². The van der Waals surface area contributed by atoms with Gasteiger partial charge in [-0.3, -0.25) is 4.79 Å². The number of nitrogens with zero attached hydrogens (tertiary/aromatic N) is 4. The number of carbonyl (C=O) groups excluding carboxylic acids is 2. The lowest BCUT2D eigenvalue weighted by Gasteiger charge is -2.37. The summed E-state index contributed by atoms with van der Waals surface area (Å²) in [7, 11) is 7.84. The number of anilines is 2. The van der Waals surface area contributed by atoms with Crippen molar-refractivity contribution in [2.75, 3.05) is 51.1 Å². The zero-order valence-electron chi connectivity index (χ0n) is 28.4. The summed E-state index contributed by atoms with van der Waals surface area (Å²) >= 11 is 1.36. The Balaban J connectivity index is 1.02.